The van der Waals surface area contributed by atoms with Gasteiger partial charge >= 0.3 is 5.97 Å². The van der Waals surface area contributed by atoms with E-state index in [1.807, 2.05) is 0 Å². The number of carbonyl (C=O) groups is 3. The number of methoxy groups -OCH3 is 1. The summed E-state index contributed by atoms with van der Waals surface area (Å²) < 4.78 is 22.7. The summed E-state index contributed by atoms with van der Waals surface area (Å²) in [5.74, 6) is -1.99. The second-order valence-electron chi connectivity index (χ2n) is 5.25. The normalized spacial score (nSPS) is 10.0. The molecule has 0 unspecified atom stereocenters. The Balaban J connectivity index is 1.76. The monoisotopic (exact) mass is 394 g/mol. The predicted octanol–water partition coefficient (Wildman–Crippen LogP) is 2.40. The minimum absolute atomic E-state index is 0.0141. The summed E-state index contributed by atoms with van der Waals surface area (Å²) in [5.41, 5.74) is 0.497. The van der Waals surface area contributed by atoms with E-state index in [0.717, 1.165) is 12.1 Å². The first-order valence-electron chi connectivity index (χ1n) is 7.72. The van der Waals surface area contributed by atoms with Crippen LogP contribution in [0.25, 0.3) is 0 Å². The van der Waals surface area contributed by atoms with Crippen molar-refractivity contribution in [2.24, 2.45) is 0 Å². The molecule has 0 aliphatic heterocycles. The van der Waals surface area contributed by atoms with E-state index in [1.54, 1.807) is 18.2 Å². The summed E-state index contributed by atoms with van der Waals surface area (Å²) in [6.07, 6.45) is 0. The molecule has 0 spiro atoms. The van der Waals surface area contributed by atoms with Gasteiger partial charge in [0.15, 0.2) is 6.61 Å². The molecule has 9 heteroatoms. The molecule has 0 atom stereocenters. The molecule has 7 nitrogen and oxygen atoms in total. The van der Waals surface area contributed by atoms with E-state index in [9.17, 15) is 18.8 Å². The van der Waals surface area contributed by atoms with Gasteiger partial charge in [-0.1, -0.05) is 17.7 Å². The van der Waals surface area contributed by atoms with Crippen molar-refractivity contribution in [1.29, 1.82) is 0 Å². The predicted molar refractivity (Wildman–Crippen MR) is 96.3 cm³/mol. The van der Waals surface area contributed by atoms with Crippen LogP contribution in [0.15, 0.2) is 42.5 Å². The lowest BCUT2D eigenvalue weighted by Gasteiger charge is -2.09. The van der Waals surface area contributed by atoms with Gasteiger partial charge in [0.25, 0.3) is 11.8 Å². The average Bonchev–Trinajstić information content (AvgIpc) is 2.66. The van der Waals surface area contributed by atoms with E-state index >= 15 is 0 Å². The molecule has 2 N–H and O–H groups in total. The Morgan fingerprint density at radius 2 is 1.93 bits per heavy atom. The summed E-state index contributed by atoms with van der Waals surface area (Å²) in [6.45, 7) is -0.998. The lowest BCUT2D eigenvalue weighted by Crippen LogP contribution is -2.32. The number of halogens is 2. The SMILES string of the molecule is COc1cccc(C(=O)NCC(=O)OCC(=O)Nc2ccc(F)cc2Cl)c1. The molecule has 0 heterocycles. The number of benzene rings is 2. The lowest BCUT2D eigenvalue weighted by atomic mass is 10.2. The summed E-state index contributed by atoms with van der Waals surface area (Å²) >= 11 is 5.78. The Bertz CT molecular complexity index is 859. The van der Waals surface area contributed by atoms with Crippen molar-refractivity contribution in [3.05, 3.63) is 58.9 Å². The fraction of sp³-hybridized carbons (Fsp3) is 0.167. The molecular formula is C18H16ClFN2O5. The van der Waals surface area contributed by atoms with Gasteiger partial charge in [-0.05, 0) is 36.4 Å². The maximum Gasteiger partial charge on any atom is 0.325 e. The van der Waals surface area contributed by atoms with Gasteiger partial charge in [-0.3, -0.25) is 14.4 Å². The van der Waals surface area contributed by atoms with Crippen molar-refractivity contribution < 1.29 is 28.2 Å². The van der Waals surface area contributed by atoms with Crippen molar-refractivity contribution in [3.63, 3.8) is 0 Å². The zero-order chi connectivity index (χ0) is 19.8. The number of esters is 1. The first kappa shape index (κ1) is 20.2. The number of hydrogen-bond acceptors (Lipinski definition) is 5. The highest BCUT2D eigenvalue weighted by atomic mass is 35.5. The third-order valence-electron chi connectivity index (χ3n) is 3.29. The first-order chi connectivity index (χ1) is 12.9. The van der Waals surface area contributed by atoms with E-state index in [1.165, 1.54) is 19.2 Å². The van der Waals surface area contributed by atoms with E-state index in [-0.39, 0.29) is 10.7 Å². The van der Waals surface area contributed by atoms with Crippen LogP contribution in [0.3, 0.4) is 0 Å². The summed E-state index contributed by atoms with van der Waals surface area (Å²) in [5, 5.41) is 4.77. The highest BCUT2D eigenvalue weighted by molar-refractivity contribution is 6.33. The van der Waals surface area contributed by atoms with Crippen molar-refractivity contribution in [2.45, 2.75) is 0 Å². The minimum Gasteiger partial charge on any atom is -0.497 e. The van der Waals surface area contributed by atoms with Gasteiger partial charge in [-0.25, -0.2) is 4.39 Å². The largest absolute Gasteiger partial charge is 0.497 e. The van der Waals surface area contributed by atoms with Crippen LogP contribution in [-0.4, -0.2) is 38.0 Å². The fourth-order valence-electron chi connectivity index (χ4n) is 1.99. The summed E-state index contributed by atoms with van der Waals surface area (Å²) in [4.78, 5) is 35.4. The van der Waals surface area contributed by atoms with E-state index in [0.29, 0.717) is 11.3 Å². The molecule has 0 radical (unpaired) electrons. The lowest BCUT2D eigenvalue weighted by molar-refractivity contribution is -0.146. The number of anilines is 1. The molecule has 0 bridgehead atoms. The van der Waals surface area contributed by atoms with E-state index in [4.69, 9.17) is 21.1 Å². The van der Waals surface area contributed by atoms with Crippen LogP contribution in [0.2, 0.25) is 5.02 Å². The highest BCUT2D eigenvalue weighted by Crippen LogP contribution is 2.22. The number of rotatable bonds is 7. The van der Waals surface area contributed by atoms with Crippen molar-refractivity contribution in [3.8, 4) is 5.75 Å². The van der Waals surface area contributed by atoms with E-state index in [2.05, 4.69) is 10.6 Å². The van der Waals surface area contributed by atoms with Crippen LogP contribution in [0.5, 0.6) is 5.75 Å². The number of amides is 2. The second-order valence-corrected chi connectivity index (χ2v) is 5.65. The van der Waals surface area contributed by atoms with E-state index < -0.39 is 36.8 Å². The van der Waals surface area contributed by atoms with Gasteiger partial charge < -0.3 is 20.1 Å². The topological polar surface area (TPSA) is 93.7 Å². The molecule has 0 saturated heterocycles. The van der Waals surface area contributed by atoms with Crippen LogP contribution in [-0.2, 0) is 14.3 Å². The van der Waals surface area contributed by atoms with Crippen LogP contribution < -0.4 is 15.4 Å². The molecular weight excluding hydrogens is 379 g/mol. The Labute approximate surface area is 159 Å². The molecule has 2 rings (SSSR count). The standard InChI is InChI=1S/C18H16ClFN2O5/c1-26-13-4-2-3-11(7-13)18(25)21-9-17(24)27-10-16(23)22-15-6-5-12(20)8-14(15)19/h2-8H,9-10H2,1H3,(H,21,25)(H,22,23). The summed E-state index contributed by atoms with van der Waals surface area (Å²) in [7, 11) is 1.47. The Morgan fingerprint density at radius 1 is 1.15 bits per heavy atom. The van der Waals surface area contributed by atoms with Gasteiger partial charge in [0.2, 0.25) is 0 Å². The molecule has 0 fully saturated rings. The number of hydrogen-bond donors (Lipinski definition) is 2. The smallest absolute Gasteiger partial charge is 0.325 e. The van der Waals surface area contributed by atoms with Gasteiger partial charge in [0.1, 0.15) is 18.1 Å². The average molecular weight is 395 g/mol. The van der Waals surface area contributed by atoms with Crippen LogP contribution in [0.1, 0.15) is 10.4 Å². The first-order valence-corrected chi connectivity index (χ1v) is 8.09. The molecule has 0 aromatic heterocycles. The van der Waals surface area contributed by atoms with Gasteiger partial charge in [-0.2, -0.15) is 0 Å². The fourth-order valence-corrected chi connectivity index (χ4v) is 2.21. The number of carbonyl (C=O) groups excluding carboxylic acids is 3. The minimum atomic E-state index is -0.799. The third kappa shape index (κ3) is 6.27. The molecule has 27 heavy (non-hydrogen) atoms. The van der Waals surface area contributed by atoms with Gasteiger partial charge in [0.05, 0.1) is 17.8 Å². The number of nitrogens with one attached hydrogen (secondary N) is 2. The zero-order valence-corrected chi connectivity index (χ0v) is 15.0. The molecule has 0 aliphatic rings. The molecule has 2 amide bonds. The van der Waals surface area contributed by atoms with Crippen LogP contribution in [0.4, 0.5) is 10.1 Å². The van der Waals surface area contributed by atoms with Gasteiger partial charge in [-0.15, -0.1) is 0 Å². The Kier molecular flexibility index (Phi) is 7.13. The van der Waals surface area contributed by atoms with Crippen molar-refractivity contribution in [1.82, 2.24) is 5.32 Å². The quantitative estimate of drug-likeness (QED) is 0.703. The third-order valence-corrected chi connectivity index (χ3v) is 3.61. The number of ether oxygens (including phenoxy) is 2. The maximum absolute atomic E-state index is 12.9. The molecule has 2 aromatic rings. The Morgan fingerprint density at radius 3 is 2.63 bits per heavy atom. The summed E-state index contributed by atoms with van der Waals surface area (Å²) in [6, 6.07) is 9.84. The highest BCUT2D eigenvalue weighted by Gasteiger charge is 2.12. The molecule has 142 valence electrons. The Hall–Kier alpha value is -3.13. The van der Waals surface area contributed by atoms with Crippen LogP contribution in [0, 0.1) is 5.82 Å². The maximum atomic E-state index is 12.9. The second kappa shape index (κ2) is 9.54. The van der Waals surface area contributed by atoms with Crippen molar-refractivity contribution in [2.75, 3.05) is 25.6 Å². The molecule has 0 saturated carbocycles. The zero-order valence-electron chi connectivity index (χ0n) is 14.3. The van der Waals surface area contributed by atoms with Gasteiger partial charge in [0, 0.05) is 5.56 Å². The van der Waals surface area contributed by atoms with Crippen LogP contribution >= 0.6 is 11.6 Å². The molecule has 2 aromatic carbocycles. The van der Waals surface area contributed by atoms with Crippen molar-refractivity contribution >= 4 is 35.1 Å². The molecule has 0 aliphatic carbocycles.